The minimum Gasteiger partial charge on any atom is -0.481 e. The van der Waals surface area contributed by atoms with Crippen molar-refractivity contribution in [2.45, 2.75) is 6.54 Å². The molecule has 4 aromatic heterocycles. The maximum Gasteiger partial charge on any atom is 0.272 e. The number of carbonyl (C=O) groups excluding carboxylic acids is 1. The summed E-state index contributed by atoms with van der Waals surface area (Å²) in [5.74, 6) is 1.50. The van der Waals surface area contributed by atoms with Crippen molar-refractivity contribution in [2.24, 2.45) is 0 Å². The first-order chi connectivity index (χ1) is 16.6. The Hall–Kier alpha value is -3.63. The minimum atomic E-state index is -0.0612. The topological polar surface area (TPSA) is 93.6 Å². The van der Waals surface area contributed by atoms with Gasteiger partial charge in [-0.1, -0.05) is 0 Å². The lowest BCUT2D eigenvalue weighted by Crippen LogP contribution is -2.48. The molecule has 1 aliphatic rings. The van der Waals surface area contributed by atoms with Crippen LogP contribution in [0.15, 0.2) is 47.4 Å². The summed E-state index contributed by atoms with van der Waals surface area (Å²) in [5.41, 5.74) is 3.24. The molecule has 0 bridgehead atoms. The average Bonchev–Trinajstić information content (AvgIpc) is 3.42. The molecule has 174 valence electrons. The predicted molar refractivity (Wildman–Crippen MR) is 129 cm³/mol. The molecule has 5 rings (SSSR count). The molecule has 0 atom stereocenters. The summed E-state index contributed by atoms with van der Waals surface area (Å²) >= 11 is 1.62. The highest BCUT2D eigenvalue weighted by Gasteiger charge is 2.24. The van der Waals surface area contributed by atoms with Crippen LogP contribution in [0.25, 0.3) is 22.0 Å². The molecule has 0 saturated carbocycles. The molecule has 1 fully saturated rings. The SMILES string of the molecule is COc1cc(OC)nc(CN2CCN(C(=O)c3ccc4cncc(-c5ccsc5)c4n3)CC2)n1. The van der Waals surface area contributed by atoms with Crippen molar-refractivity contribution in [2.75, 3.05) is 40.4 Å². The molecule has 0 N–H and O–H groups in total. The van der Waals surface area contributed by atoms with Gasteiger partial charge in [0.1, 0.15) is 11.5 Å². The van der Waals surface area contributed by atoms with Crippen LogP contribution in [0.1, 0.15) is 16.3 Å². The number of carbonyl (C=O) groups is 1. The lowest BCUT2D eigenvalue weighted by atomic mass is 10.1. The van der Waals surface area contributed by atoms with Crippen LogP contribution in [-0.4, -0.2) is 76.0 Å². The van der Waals surface area contributed by atoms with E-state index >= 15 is 0 Å². The second kappa shape index (κ2) is 9.70. The van der Waals surface area contributed by atoms with Crippen molar-refractivity contribution >= 4 is 28.1 Å². The number of aromatic nitrogens is 4. The van der Waals surface area contributed by atoms with Gasteiger partial charge in [-0.3, -0.25) is 14.7 Å². The summed E-state index contributed by atoms with van der Waals surface area (Å²) in [7, 11) is 3.13. The summed E-state index contributed by atoms with van der Waals surface area (Å²) in [4.78, 5) is 35.2. The molecule has 34 heavy (non-hydrogen) atoms. The fourth-order valence-corrected chi connectivity index (χ4v) is 4.65. The highest BCUT2D eigenvalue weighted by atomic mass is 32.1. The Bertz CT molecular complexity index is 1280. The quantitative estimate of drug-likeness (QED) is 0.419. The van der Waals surface area contributed by atoms with Gasteiger partial charge in [-0.15, -0.1) is 0 Å². The number of methoxy groups -OCH3 is 2. The number of amides is 1. The molecule has 1 amide bonds. The standard InChI is InChI=1S/C24H24N6O3S/c1-32-21-11-22(33-2)28-20(27-21)14-29-6-8-30(9-7-29)24(31)19-4-3-16-12-25-13-18(23(16)26-19)17-5-10-34-15-17/h3-5,10-13,15H,6-9,14H2,1-2H3. The van der Waals surface area contributed by atoms with Crippen molar-refractivity contribution in [1.29, 1.82) is 0 Å². The number of hydrogen-bond acceptors (Lipinski definition) is 9. The highest BCUT2D eigenvalue weighted by molar-refractivity contribution is 7.08. The summed E-state index contributed by atoms with van der Waals surface area (Å²) in [5, 5.41) is 5.00. The van der Waals surface area contributed by atoms with E-state index in [1.165, 1.54) is 0 Å². The van der Waals surface area contributed by atoms with Crippen LogP contribution in [0.3, 0.4) is 0 Å². The number of rotatable bonds is 6. The Labute approximate surface area is 201 Å². The second-order valence-corrected chi connectivity index (χ2v) is 8.68. The predicted octanol–water partition coefficient (Wildman–Crippen LogP) is 3.12. The Morgan fingerprint density at radius 3 is 2.44 bits per heavy atom. The van der Waals surface area contributed by atoms with Crippen molar-refractivity contribution in [3.63, 3.8) is 0 Å². The van der Waals surface area contributed by atoms with Gasteiger partial charge < -0.3 is 14.4 Å². The second-order valence-electron chi connectivity index (χ2n) is 7.90. The molecule has 5 heterocycles. The number of fused-ring (bicyclic) bond motifs is 1. The van der Waals surface area contributed by atoms with E-state index < -0.39 is 0 Å². The Balaban J connectivity index is 1.28. The number of nitrogens with zero attached hydrogens (tertiary/aromatic N) is 6. The third kappa shape index (κ3) is 4.55. The van der Waals surface area contributed by atoms with Crippen LogP contribution in [-0.2, 0) is 6.54 Å². The van der Waals surface area contributed by atoms with Crippen LogP contribution in [0.4, 0.5) is 0 Å². The van der Waals surface area contributed by atoms with Gasteiger partial charge in [0.2, 0.25) is 11.8 Å². The van der Waals surface area contributed by atoms with E-state index in [-0.39, 0.29) is 5.91 Å². The van der Waals surface area contributed by atoms with Gasteiger partial charge in [-0.05, 0) is 34.5 Å². The number of thiophene rings is 1. The van der Waals surface area contributed by atoms with Gasteiger partial charge in [0.05, 0.1) is 32.3 Å². The van der Waals surface area contributed by atoms with E-state index in [1.807, 2.05) is 22.4 Å². The van der Waals surface area contributed by atoms with Crippen LogP contribution in [0, 0.1) is 0 Å². The fraction of sp³-hybridized carbons (Fsp3) is 0.292. The molecule has 10 heteroatoms. The zero-order chi connectivity index (χ0) is 23.5. The number of hydrogen-bond donors (Lipinski definition) is 0. The molecular formula is C24H24N6O3S. The van der Waals surface area contributed by atoms with Gasteiger partial charge in [-0.2, -0.15) is 21.3 Å². The van der Waals surface area contributed by atoms with E-state index in [0.717, 1.165) is 22.0 Å². The maximum absolute atomic E-state index is 13.2. The van der Waals surface area contributed by atoms with E-state index in [2.05, 4.69) is 25.2 Å². The van der Waals surface area contributed by atoms with E-state index in [4.69, 9.17) is 14.5 Å². The molecular weight excluding hydrogens is 452 g/mol. The largest absolute Gasteiger partial charge is 0.481 e. The summed E-state index contributed by atoms with van der Waals surface area (Å²) in [6, 6.07) is 7.39. The highest BCUT2D eigenvalue weighted by Crippen LogP contribution is 2.28. The van der Waals surface area contributed by atoms with E-state index in [1.54, 1.807) is 50.1 Å². The summed E-state index contributed by atoms with van der Waals surface area (Å²) in [6.07, 6.45) is 3.58. The van der Waals surface area contributed by atoms with Gasteiger partial charge in [0.25, 0.3) is 5.91 Å². The molecule has 1 aliphatic heterocycles. The minimum absolute atomic E-state index is 0.0612. The van der Waals surface area contributed by atoms with E-state index in [9.17, 15) is 4.79 Å². The monoisotopic (exact) mass is 476 g/mol. The Kier molecular flexibility index (Phi) is 6.33. The van der Waals surface area contributed by atoms with Crippen LogP contribution in [0.5, 0.6) is 11.8 Å². The average molecular weight is 477 g/mol. The first-order valence-electron chi connectivity index (χ1n) is 10.9. The number of ether oxygens (including phenoxy) is 2. The molecule has 4 aromatic rings. The molecule has 0 aliphatic carbocycles. The molecule has 1 saturated heterocycles. The Morgan fingerprint density at radius 1 is 1.00 bits per heavy atom. The summed E-state index contributed by atoms with van der Waals surface area (Å²) in [6.45, 7) is 3.19. The molecule has 9 nitrogen and oxygen atoms in total. The molecule has 0 unspecified atom stereocenters. The lowest BCUT2D eigenvalue weighted by molar-refractivity contribution is 0.0620. The van der Waals surface area contributed by atoms with Crippen LogP contribution in [0.2, 0.25) is 0 Å². The molecule has 0 aromatic carbocycles. The number of piperazine rings is 1. The van der Waals surface area contributed by atoms with Gasteiger partial charge in [0, 0.05) is 49.5 Å². The van der Waals surface area contributed by atoms with Crippen molar-refractivity contribution < 1.29 is 14.3 Å². The van der Waals surface area contributed by atoms with Gasteiger partial charge >= 0.3 is 0 Å². The Morgan fingerprint density at radius 2 is 1.76 bits per heavy atom. The van der Waals surface area contributed by atoms with Crippen LogP contribution < -0.4 is 9.47 Å². The smallest absolute Gasteiger partial charge is 0.272 e. The molecule has 0 radical (unpaired) electrons. The zero-order valence-electron chi connectivity index (χ0n) is 19.0. The summed E-state index contributed by atoms with van der Waals surface area (Å²) < 4.78 is 10.5. The van der Waals surface area contributed by atoms with Crippen molar-refractivity contribution in [3.05, 3.63) is 58.9 Å². The fourth-order valence-electron chi connectivity index (χ4n) is 3.99. The first-order valence-corrected chi connectivity index (χ1v) is 11.8. The van der Waals surface area contributed by atoms with Gasteiger partial charge in [-0.25, -0.2) is 4.98 Å². The molecule has 0 spiro atoms. The van der Waals surface area contributed by atoms with Crippen molar-refractivity contribution in [1.82, 2.24) is 29.7 Å². The first kappa shape index (κ1) is 22.2. The van der Waals surface area contributed by atoms with Gasteiger partial charge in [0.15, 0.2) is 0 Å². The number of pyridine rings is 2. The third-order valence-electron chi connectivity index (χ3n) is 5.82. The van der Waals surface area contributed by atoms with E-state index in [0.29, 0.717) is 56.0 Å². The normalized spacial score (nSPS) is 14.4. The lowest BCUT2D eigenvalue weighted by Gasteiger charge is -2.34. The van der Waals surface area contributed by atoms with Crippen LogP contribution >= 0.6 is 11.3 Å². The zero-order valence-corrected chi connectivity index (χ0v) is 19.8. The van der Waals surface area contributed by atoms with Crippen molar-refractivity contribution in [3.8, 4) is 22.9 Å². The maximum atomic E-state index is 13.2. The third-order valence-corrected chi connectivity index (χ3v) is 6.50.